The third-order valence-corrected chi connectivity index (χ3v) is 2.71. The van der Waals surface area contributed by atoms with Gasteiger partial charge in [-0.3, -0.25) is 4.90 Å². The largest absolute Gasteiger partial charge is 0.401 e. The predicted molar refractivity (Wildman–Crippen MR) is 69.7 cm³/mol. The van der Waals surface area contributed by atoms with Crippen LogP contribution in [0.3, 0.4) is 0 Å². The van der Waals surface area contributed by atoms with Crippen molar-refractivity contribution in [2.24, 2.45) is 5.92 Å². The van der Waals surface area contributed by atoms with E-state index in [-0.39, 0.29) is 6.04 Å². The van der Waals surface area contributed by atoms with E-state index in [1.165, 1.54) is 4.90 Å². The van der Waals surface area contributed by atoms with Crippen LogP contribution < -0.4 is 5.32 Å². The highest BCUT2D eigenvalue weighted by Crippen LogP contribution is 2.18. The van der Waals surface area contributed by atoms with E-state index in [0.29, 0.717) is 12.5 Å². The summed E-state index contributed by atoms with van der Waals surface area (Å²) in [5, 5.41) is 3.30. The van der Waals surface area contributed by atoms with E-state index in [1.54, 1.807) is 0 Å². The zero-order valence-corrected chi connectivity index (χ0v) is 12.0. The normalized spacial score (nSPS) is 13.0. The molecular formula is C13H27F3N2. The highest BCUT2D eigenvalue weighted by Gasteiger charge is 2.31. The lowest BCUT2D eigenvalue weighted by atomic mass is 10.2. The van der Waals surface area contributed by atoms with E-state index in [2.05, 4.69) is 19.2 Å². The molecule has 0 amide bonds. The van der Waals surface area contributed by atoms with Crippen LogP contribution in [0, 0.1) is 5.92 Å². The lowest BCUT2D eigenvalue weighted by Gasteiger charge is -2.27. The topological polar surface area (TPSA) is 15.3 Å². The molecule has 0 spiro atoms. The number of hydrogen-bond donors (Lipinski definition) is 1. The first-order chi connectivity index (χ1) is 8.22. The van der Waals surface area contributed by atoms with Crippen LogP contribution in [0.25, 0.3) is 0 Å². The molecule has 0 radical (unpaired) electrons. The van der Waals surface area contributed by atoms with Crippen LogP contribution in [-0.4, -0.2) is 43.3 Å². The van der Waals surface area contributed by atoms with E-state index >= 15 is 0 Å². The third kappa shape index (κ3) is 10.8. The summed E-state index contributed by atoms with van der Waals surface area (Å²) in [6.07, 6.45) is -2.37. The summed E-state index contributed by atoms with van der Waals surface area (Å²) in [7, 11) is 0. The Hall–Kier alpha value is -0.290. The Bertz CT molecular complexity index is 203. The zero-order chi connectivity index (χ0) is 14.2. The van der Waals surface area contributed by atoms with Crippen LogP contribution in [0.4, 0.5) is 13.2 Å². The van der Waals surface area contributed by atoms with Crippen molar-refractivity contribution < 1.29 is 13.2 Å². The number of alkyl halides is 3. The van der Waals surface area contributed by atoms with E-state index in [1.807, 2.05) is 13.8 Å². The van der Waals surface area contributed by atoms with Crippen molar-refractivity contribution in [3.8, 4) is 0 Å². The van der Waals surface area contributed by atoms with Crippen LogP contribution in [0.5, 0.6) is 0 Å². The summed E-state index contributed by atoms with van der Waals surface area (Å²) in [5.74, 6) is 0.613. The average Bonchev–Trinajstić information content (AvgIpc) is 2.18. The first kappa shape index (κ1) is 17.7. The molecule has 0 fully saturated rings. The van der Waals surface area contributed by atoms with Crippen LogP contribution in [0.15, 0.2) is 0 Å². The smallest absolute Gasteiger partial charge is 0.316 e. The Balaban J connectivity index is 3.72. The lowest BCUT2D eigenvalue weighted by Crippen LogP contribution is -2.39. The molecule has 0 aromatic carbocycles. The average molecular weight is 268 g/mol. The molecule has 2 nitrogen and oxygen atoms in total. The molecule has 1 N–H and O–H groups in total. The van der Waals surface area contributed by atoms with Gasteiger partial charge in [0.2, 0.25) is 0 Å². The zero-order valence-electron chi connectivity index (χ0n) is 12.0. The highest BCUT2D eigenvalue weighted by molar-refractivity contribution is 4.67. The molecule has 0 atom stereocenters. The summed E-state index contributed by atoms with van der Waals surface area (Å²) in [6.45, 7) is 9.45. The van der Waals surface area contributed by atoms with Gasteiger partial charge in [-0.05, 0) is 52.2 Å². The standard InChI is InChI=1S/C13H27F3N2/c1-11(2)9-17-7-5-6-8-18(12(3)4)10-13(14,15)16/h11-12,17H,5-10H2,1-4H3. The summed E-state index contributed by atoms with van der Waals surface area (Å²) in [5.41, 5.74) is 0. The summed E-state index contributed by atoms with van der Waals surface area (Å²) in [4.78, 5) is 1.49. The van der Waals surface area contributed by atoms with E-state index < -0.39 is 12.7 Å². The molecule has 18 heavy (non-hydrogen) atoms. The van der Waals surface area contributed by atoms with Gasteiger partial charge in [0.15, 0.2) is 0 Å². The highest BCUT2D eigenvalue weighted by atomic mass is 19.4. The molecule has 110 valence electrons. The number of unbranched alkanes of at least 4 members (excludes halogenated alkanes) is 1. The molecule has 0 saturated heterocycles. The molecule has 0 heterocycles. The Morgan fingerprint density at radius 2 is 1.67 bits per heavy atom. The van der Waals surface area contributed by atoms with Crippen molar-refractivity contribution in [1.29, 1.82) is 0 Å². The molecule has 0 bridgehead atoms. The van der Waals surface area contributed by atoms with Crippen molar-refractivity contribution >= 4 is 0 Å². The van der Waals surface area contributed by atoms with Gasteiger partial charge in [-0.15, -0.1) is 0 Å². The van der Waals surface area contributed by atoms with Crippen molar-refractivity contribution in [3.63, 3.8) is 0 Å². The van der Waals surface area contributed by atoms with Crippen molar-refractivity contribution in [1.82, 2.24) is 10.2 Å². The first-order valence-electron chi connectivity index (χ1n) is 6.74. The van der Waals surface area contributed by atoms with Crippen molar-refractivity contribution in [2.75, 3.05) is 26.2 Å². The predicted octanol–water partition coefficient (Wildman–Crippen LogP) is 3.28. The SMILES string of the molecule is CC(C)CNCCCCN(CC(F)(F)F)C(C)C. The third-order valence-electron chi connectivity index (χ3n) is 2.71. The van der Waals surface area contributed by atoms with E-state index in [0.717, 1.165) is 25.9 Å². The van der Waals surface area contributed by atoms with Gasteiger partial charge in [-0.2, -0.15) is 13.2 Å². The van der Waals surface area contributed by atoms with Crippen molar-refractivity contribution in [2.45, 2.75) is 52.8 Å². The first-order valence-corrected chi connectivity index (χ1v) is 6.74. The Morgan fingerprint density at radius 1 is 1.06 bits per heavy atom. The fourth-order valence-corrected chi connectivity index (χ4v) is 1.71. The Labute approximate surface area is 109 Å². The van der Waals surface area contributed by atoms with Crippen LogP contribution in [0.1, 0.15) is 40.5 Å². The van der Waals surface area contributed by atoms with E-state index in [4.69, 9.17) is 0 Å². The summed E-state index contributed by atoms with van der Waals surface area (Å²) < 4.78 is 37.0. The monoisotopic (exact) mass is 268 g/mol. The molecule has 0 aromatic heterocycles. The molecule has 0 rings (SSSR count). The van der Waals surface area contributed by atoms with E-state index in [9.17, 15) is 13.2 Å². The minimum Gasteiger partial charge on any atom is -0.316 e. The fraction of sp³-hybridized carbons (Fsp3) is 1.00. The van der Waals surface area contributed by atoms with Gasteiger partial charge in [-0.1, -0.05) is 13.8 Å². The second-order valence-corrected chi connectivity index (χ2v) is 5.48. The minimum atomic E-state index is -4.10. The van der Waals surface area contributed by atoms with Gasteiger partial charge in [0.1, 0.15) is 0 Å². The molecule has 0 saturated carbocycles. The fourth-order valence-electron chi connectivity index (χ4n) is 1.71. The Kier molecular flexibility index (Phi) is 8.61. The van der Waals surface area contributed by atoms with Crippen LogP contribution >= 0.6 is 0 Å². The summed E-state index contributed by atoms with van der Waals surface area (Å²) in [6, 6.07) is -0.0600. The van der Waals surface area contributed by atoms with Crippen LogP contribution in [0.2, 0.25) is 0 Å². The lowest BCUT2D eigenvalue weighted by molar-refractivity contribution is -0.149. The molecule has 0 aliphatic carbocycles. The van der Waals surface area contributed by atoms with Gasteiger partial charge >= 0.3 is 6.18 Å². The number of nitrogens with zero attached hydrogens (tertiary/aromatic N) is 1. The van der Waals surface area contributed by atoms with Gasteiger partial charge < -0.3 is 5.32 Å². The maximum atomic E-state index is 12.3. The number of rotatable bonds is 9. The van der Waals surface area contributed by atoms with Gasteiger partial charge in [0.05, 0.1) is 6.54 Å². The van der Waals surface area contributed by atoms with Crippen LogP contribution in [-0.2, 0) is 0 Å². The maximum Gasteiger partial charge on any atom is 0.401 e. The second-order valence-electron chi connectivity index (χ2n) is 5.48. The second kappa shape index (κ2) is 8.75. The van der Waals surface area contributed by atoms with Gasteiger partial charge in [0.25, 0.3) is 0 Å². The minimum absolute atomic E-state index is 0.0600. The number of nitrogens with one attached hydrogen (secondary N) is 1. The molecular weight excluding hydrogens is 241 g/mol. The molecule has 0 unspecified atom stereocenters. The molecule has 0 aromatic rings. The summed E-state index contributed by atoms with van der Waals surface area (Å²) >= 11 is 0. The number of hydrogen-bond acceptors (Lipinski definition) is 2. The van der Waals surface area contributed by atoms with Gasteiger partial charge in [-0.25, -0.2) is 0 Å². The number of halogens is 3. The Morgan fingerprint density at radius 3 is 2.11 bits per heavy atom. The molecule has 0 aliphatic rings. The quantitative estimate of drug-likeness (QED) is 0.646. The van der Waals surface area contributed by atoms with Gasteiger partial charge in [0, 0.05) is 6.04 Å². The molecule has 0 aliphatic heterocycles. The molecule has 5 heteroatoms. The van der Waals surface area contributed by atoms with Crippen molar-refractivity contribution in [3.05, 3.63) is 0 Å². The maximum absolute atomic E-state index is 12.3.